The average molecular weight is 280 g/mol. The Morgan fingerprint density at radius 1 is 1.15 bits per heavy atom. The van der Waals surface area contributed by atoms with E-state index in [1.165, 1.54) is 0 Å². The van der Waals surface area contributed by atoms with E-state index in [-0.39, 0.29) is 18.0 Å². The van der Waals surface area contributed by atoms with Gasteiger partial charge in [-0.2, -0.15) is 0 Å². The van der Waals surface area contributed by atoms with Crippen LogP contribution in [0.25, 0.3) is 0 Å². The highest BCUT2D eigenvalue weighted by molar-refractivity contribution is 5.78. The summed E-state index contributed by atoms with van der Waals surface area (Å²) in [4.78, 5) is 11.6. The van der Waals surface area contributed by atoms with Gasteiger partial charge in [-0.3, -0.25) is 4.79 Å². The molecule has 1 saturated heterocycles. The van der Waals surface area contributed by atoms with Gasteiger partial charge in [-0.15, -0.1) is 0 Å². The maximum Gasteiger partial charge on any atom is 0.220 e. The normalized spacial score (nSPS) is 22.1. The number of methoxy groups -OCH3 is 3. The van der Waals surface area contributed by atoms with Gasteiger partial charge in [-0.1, -0.05) is 0 Å². The number of piperidine rings is 1. The van der Waals surface area contributed by atoms with E-state index in [2.05, 4.69) is 5.32 Å². The van der Waals surface area contributed by atoms with Crippen molar-refractivity contribution in [2.75, 3.05) is 21.3 Å². The van der Waals surface area contributed by atoms with Gasteiger partial charge in [0, 0.05) is 24.6 Å². The molecule has 6 nitrogen and oxygen atoms in total. The van der Waals surface area contributed by atoms with E-state index in [0.29, 0.717) is 30.1 Å². The Balaban J connectivity index is 2.50. The Bertz CT molecular complexity index is 479. The van der Waals surface area contributed by atoms with Crippen LogP contribution >= 0.6 is 0 Å². The zero-order valence-corrected chi connectivity index (χ0v) is 11.9. The Hall–Kier alpha value is -1.95. The van der Waals surface area contributed by atoms with Gasteiger partial charge in [-0.05, 0) is 6.42 Å². The first kappa shape index (κ1) is 14.5. The summed E-state index contributed by atoms with van der Waals surface area (Å²) in [5.74, 6) is 1.78. The largest absolute Gasteiger partial charge is 0.496 e. The van der Waals surface area contributed by atoms with Crippen LogP contribution in [0.2, 0.25) is 0 Å². The summed E-state index contributed by atoms with van der Waals surface area (Å²) in [6.07, 6.45) is 1.08. The van der Waals surface area contributed by atoms with Gasteiger partial charge in [0.05, 0.1) is 32.9 Å². The molecule has 0 saturated carbocycles. The summed E-state index contributed by atoms with van der Waals surface area (Å²) in [6.45, 7) is 0. The first-order valence-corrected chi connectivity index (χ1v) is 6.45. The van der Waals surface area contributed by atoms with E-state index in [9.17, 15) is 4.79 Å². The maximum atomic E-state index is 11.6. The summed E-state index contributed by atoms with van der Waals surface area (Å²) in [6, 6.07) is 3.01. The van der Waals surface area contributed by atoms with Gasteiger partial charge < -0.3 is 25.3 Å². The van der Waals surface area contributed by atoms with Crippen LogP contribution in [0.4, 0.5) is 0 Å². The van der Waals surface area contributed by atoms with E-state index >= 15 is 0 Å². The smallest absolute Gasteiger partial charge is 0.220 e. The average Bonchev–Trinajstić information content (AvgIpc) is 2.48. The third-order valence-electron chi connectivity index (χ3n) is 3.51. The highest BCUT2D eigenvalue weighted by Crippen LogP contribution is 2.40. The van der Waals surface area contributed by atoms with Crippen LogP contribution in [-0.4, -0.2) is 33.3 Å². The summed E-state index contributed by atoms with van der Waals surface area (Å²) in [5.41, 5.74) is 6.88. The molecule has 1 fully saturated rings. The van der Waals surface area contributed by atoms with Crippen molar-refractivity contribution < 1.29 is 19.0 Å². The van der Waals surface area contributed by atoms with Crippen LogP contribution in [0, 0.1) is 0 Å². The zero-order valence-electron chi connectivity index (χ0n) is 11.9. The Morgan fingerprint density at radius 3 is 2.25 bits per heavy atom. The highest BCUT2D eigenvalue weighted by atomic mass is 16.5. The number of benzene rings is 1. The van der Waals surface area contributed by atoms with Crippen LogP contribution in [0.3, 0.4) is 0 Å². The highest BCUT2D eigenvalue weighted by Gasteiger charge is 2.32. The lowest BCUT2D eigenvalue weighted by molar-refractivity contribution is -0.123. The molecule has 3 N–H and O–H groups in total. The third-order valence-corrected chi connectivity index (χ3v) is 3.51. The number of ether oxygens (including phenoxy) is 3. The molecule has 6 heteroatoms. The minimum Gasteiger partial charge on any atom is -0.496 e. The van der Waals surface area contributed by atoms with Crippen molar-refractivity contribution in [2.45, 2.75) is 24.9 Å². The van der Waals surface area contributed by atoms with Crippen molar-refractivity contribution >= 4 is 5.91 Å². The lowest BCUT2D eigenvalue weighted by Crippen LogP contribution is -2.46. The SMILES string of the molecule is COc1cc(OC)c(C2NC(=O)CCC2N)c(OC)c1. The molecule has 2 rings (SSSR count). The number of nitrogens with two attached hydrogens (primary N) is 1. The minimum absolute atomic E-state index is 0.0170. The number of carbonyl (C=O) groups excluding carboxylic acids is 1. The summed E-state index contributed by atoms with van der Waals surface area (Å²) >= 11 is 0. The monoisotopic (exact) mass is 280 g/mol. The second-order valence-electron chi connectivity index (χ2n) is 4.69. The number of carbonyl (C=O) groups is 1. The molecule has 2 atom stereocenters. The first-order chi connectivity index (χ1) is 9.60. The van der Waals surface area contributed by atoms with Crippen molar-refractivity contribution in [2.24, 2.45) is 5.73 Å². The van der Waals surface area contributed by atoms with Crippen LogP contribution in [-0.2, 0) is 4.79 Å². The second kappa shape index (κ2) is 6.00. The molecule has 1 aliphatic rings. The third kappa shape index (κ3) is 2.65. The molecule has 110 valence electrons. The summed E-state index contributed by atoms with van der Waals surface area (Å²) in [5, 5.41) is 2.90. The molecule has 0 aromatic heterocycles. The molecule has 1 amide bonds. The number of amides is 1. The van der Waals surface area contributed by atoms with E-state index < -0.39 is 0 Å². The molecular weight excluding hydrogens is 260 g/mol. The van der Waals surface area contributed by atoms with Gasteiger partial charge in [-0.25, -0.2) is 0 Å². The molecule has 0 aliphatic carbocycles. The van der Waals surface area contributed by atoms with Crippen molar-refractivity contribution in [3.63, 3.8) is 0 Å². The van der Waals surface area contributed by atoms with Crippen LogP contribution < -0.4 is 25.3 Å². The Kier molecular flexibility index (Phi) is 4.34. The molecule has 0 radical (unpaired) electrons. The fraction of sp³-hybridized carbons (Fsp3) is 0.500. The molecule has 1 aromatic rings. The van der Waals surface area contributed by atoms with E-state index in [1.54, 1.807) is 33.5 Å². The van der Waals surface area contributed by atoms with E-state index in [0.717, 1.165) is 5.56 Å². The van der Waals surface area contributed by atoms with Crippen LogP contribution in [0.15, 0.2) is 12.1 Å². The summed E-state index contributed by atoms with van der Waals surface area (Å²) < 4.78 is 16.0. The molecule has 1 aromatic carbocycles. The predicted molar refractivity (Wildman–Crippen MR) is 74.2 cm³/mol. The number of hydrogen-bond acceptors (Lipinski definition) is 5. The van der Waals surface area contributed by atoms with E-state index in [1.807, 2.05) is 0 Å². The minimum atomic E-state index is -0.327. The zero-order chi connectivity index (χ0) is 14.7. The number of rotatable bonds is 4. The lowest BCUT2D eigenvalue weighted by atomic mass is 9.91. The summed E-state index contributed by atoms with van der Waals surface area (Å²) in [7, 11) is 4.70. The Morgan fingerprint density at radius 2 is 1.75 bits per heavy atom. The molecule has 20 heavy (non-hydrogen) atoms. The molecule has 2 unspecified atom stereocenters. The van der Waals surface area contributed by atoms with Gasteiger partial charge in [0.2, 0.25) is 5.91 Å². The van der Waals surface area contributed by atoms with Crippen molar-refractivity contribution in [1.82, 2.24) is 5.32 Å². The molecule has 0 bridgehead atoms. The van der Waals surface area contributed by atoms with Gasteiger partial charge >= 0.3 is 0 Å². The number of nitrogens with one attached hydrogen (secondary N) is 1. The molecule has 0 spiro atoms. The standard InChI is InChI=1S/C14H20N2O4/c1-18-8-6-10(19-2)13(11(7-8)20-3)14-9(15)4-5-12(17)16-14/h6-7,9,14H,4-5,15H2,1-3H3,(H,16,17). The molecule has 1 aliphatic heterocycles. The maximum absolute atomic E-state index is 11.6. The lowest BCUT2D eigenvalue weighted by Gasteiger charge is -2.31. The van der Waals surface area contributed by atoms with Crippen LogP contribution in [0.1, 0.15) is 24.4 Å². The van der Waals surface area contributed by atoms with Crippen LogP contribution in [0.5, 0.6) is 17.2 Å². The quantitative estimate of drug-likeness (QED) is 0.859. The topological polar surface area (TPSA) is 82.8 Å². The fourth-order valence-electron chi connectivity index (χ4n) is 2.44. The van der Waals surface area contributed by atoms with Gasteiger partial charge in [0.25, 0.3) is 0 Å². The van der Waals surface area contributed by atoms with Crippen molar-refractivity contribution in [3.8, 4) is 17.2 Å². The van der Waals surface area contributed by atoms with Gasteiger partial charge in [0.15, 0.2) is 0 Å². The fourth-order valence-corrected chi connectivity index (χ4v) is 2.44. The second-order valence-corrected chi connectivity index (χ2v) is 4.69. The first-order valence-electron chi connectivity index (χ1n) is 6.45. The molecular formula is C14H20N2O4. The van der Waals surface area contributed by atoms with Crippen molar-refractivity contribution in [3.05, 3.63) is 17.7 Å². The van der Waals surface area contributed by atoms with Gasteiger partial charge in [0.1, 0.15) is 17.2 Å². The predicted octanol–water partition coefficient (Wildman–Crippen LogP) is 0.991. The van der Waals surface area contributed by atoms with E-state index in [4.69, 9.17) is 19.9 Å². The Labute approximate surface area is 118 Å². The number of hydrogen-bond donors (Lipinski definition) is 2. The van der Waals surface area contributed by atoms with Crippen molar-refractivity contribution in [1.29, 1.82) is 0 Å². The molecule has 1 heterocycles.